The zero-order valence-electron chi connectivity index (χ0n) is 20.4. The maximum Gasteiger partial charge on any atom is 0.416 e. The maximum absolute atomic E-state index is 13.8. The standard InChI is InChI=1S/C28H26F3N5O/c1-16-7-9-21(20-5-3-4-6-23(20)28(29,30)31)24(10-8-16)34-27(37)19-14-22-25(35-36-26(22)33-15-19)18-11-12-32-17(2)13-18/h3-7,11-15,21,24H,8-10H2,1-2H3,(H,34,37)(H,33,35,36)/t21-,24+/m1/s1. The number of halogens is 3. The highest BCUT2D eigenvalue weighted by molar-refractivity contribution is 6.00. The summed E-state index contributed by atoms with van der Waals surface area (Å²) < 4.78 is 41.5. The molecule has 0 bridgehead atoms. The van der Waals surface area contributed by atoms with Crippen LogP contribution in [0.1, 0.15) is 59.3 Å². The first-order valence-electron chi connectivity index (χ1n) is 12.1. The summed E-state index contributed by atoms with van der Waals surface area (Å²) in [6, 6.07) is 10.6. The van der Waals surface area contributed by atoms with Crippen molar-refractivity contribution < 1.29 is 18.0 Å². The van der Waals surface area contributed by atoms with Crippen molar-refractivity contribution in [2.75, 3.05) is 0 Å². The number of benzene rings is 1. The maximum atomic E-state index is 13.8. The summed E-state index contributed by atoms with van der Waals surface area (Å²) in [5.74, 6) is -0.897. The fraction of sp³-hybridized carbons (Fsp3) is 0.286. The van der Waals surface area contributed by atoms with Gasteiger partial charge in [-0.1, -0.05) is 29.8 Å². The van der Waals surface area contributed by atoms with Gasteiger partial charge in [0.1, 0.15) is 5.69 Å². The van der Waals surface area contributed by atoms with Crippen molar-refractivity contribution >= 4 is 16.9 Å². The zero-order chi connectivity index (χ0) is 26.2. The second-order valence-corrected chi connectivity index (χ2v) is 9.47. The lowest BCUT2D eigenvalue weighted by Crippen LogP contribution is -2.39. The molecule has 3 heterocycles. The molecule has 0 saturated carbocycles. The second kappa shape index (κ2) is 9.80. The molecular weight excluding hydrogens is 479 g/mol. The Morgan fingerprint density at radius 3 is 2.70 bits per heavy atom. The molecule has 0 fully saturated rings. The second-order valence-electron chi connectivity index (χ2n) is 9.47. The van der Waals surface area contributed by atoms with E-state index in [9.17, 15) is 18.0 Å². The van der Waals surface area contributed by atoms with Crippen LogP contribution in [-0.4, -0.2) is 32.1 Å². The third kappa shape index (κ3) is 5.12. The van der Waals surface area contributed by atoms with Gasteiger partial charge >= 0.3 is 6.18 Å². The number of carbonyl (C=O) groups excluding carboxylic acids is 1. The summed E-state index contributed by atoms with van der Waals surface area (Å²) in [6.07, 6.45) is 2.29. The lowest BCUT2D eigenvalue weighted by atomic mass is 9.84. The summed E-state index contributed by atoms with van der Waals surface area (Å²) in [4.78, 5) is 22.0. The van der Waals surface area contributed by atoms with Crippen LogP contribution in [0, 0.1) is 6.92 Å². The normalized spacial score (nSPS) is 18.4. The number of aromatic nitrogens is 4. The number of hydrogen-bond donors (Lipinski definition) is 2. The van der Waals surface area contributed by atoms with Crippen molar-refractivity contribution in [1.29, 1.82) is 0 Å². The number of allylic oxidation sites excluding steroid dienone is 2. The minimum absolute atomic E-state index is 0.199. The molecule has 0 radical (unpaired) electrons. The Kier molecular flexibility index (Phi) is 6.54. The number of H-pyrrole nitrogens is 1. The predicted molar refractivity (Wildman–Crippen MR) is 135 cm³/mol. The number of alkyl halides is 3. The van der Waals surface area contributed by atoms with Crippen molar-refractivity contribution in [3.05, 3.63) is 88.9 Å². The number of hydrogen-bond acceptors (Lipinski definition) is 4. The fourth-order valence-electron chi connectivity index (χ4n) is 4.97. The first-order valence-corrected chi connectivity index (χ1v) is 12.1. The number of carbonyl (C=O) groups is 1. The van der Waals surface area contributed by atoms with Gasteiger partial charge < -0.3 is 5.32 Å². The van der Waals surface area contributed by atoms with Crippen LogP contribution in [0.2, 0.25) is 0 Å². The van der Waals surface area contributed by atoms with Crippen LogP contribution in [0.4, 0.5) is 13.2 Å². The van der Waals surface area contributed by atoms with E-state index in [-0.39, 0.29) is 11.5 Å². The topological polar surface area (TPSA) is 83.6 Å². The van der Waals surface area contributed by atoms with Crippen molar-refractivity contribution in [2.24, 2.45) is 0 Å². The van der Waals surface area contributed by atoms with Gasteiger partial charge in [0.15, 0.2) is 5.65 Å². The van der Waals surface area contributed by atoms with Crippen LogP contribution < -0.4 is 5.32 Å². The first-order chi connectivity index (χ1) is 17.7. The summed E-state index contributed by atoms with van der Waals surface area (Å²) in [5, 5.41) is 11.0. The number of aryl methyl sites for hydroxylation is 1. The van der Waals surface area contributed by atoms with Gasteiger partial charge in [0, 0.05) is 41.0 Å². The molecule has 0 aliphatic heterocycles. The molecular formula is C28H26F3N5O. The van der Waals surface area contributed by atoms with Crippen LogP contribution in [-0.2, 0) is 6.18 Å². The highest BCUT2D eigenvalue weighted by atomic mass is 19.4. The molecule has 1 aromatic carbocycles. The Hall–Kier alpha value is -4.01. The quantitative estimate of drug-likeness (QED) is 0.316. The predicted octanol–water partition coefficient (Wildman–Crippen LogP) is 6.36. The van der Waals surface area contributed by atoms with Crippen LogP contribution in [0.25, 0.3) is 22.3 Å². The van der Waals surface area contributed by atoms with Gasteiger partial charge in [0.25, 0.3) is 5.91 Å². The van der Waals surface area contributed by atoms with E-state index in [2.05, 4.69) is 25.5 Å². The Morgan fingerprint density at radius 1 is 1.11 bits per heavy atom. The highest BCUT2D eigenvalue weighted by Crippen LogP contribution is 2.40. The molecule has 0 saturated heterocycles. The van der Waals surface area contributed by atoms with Gasteiger partial charge in [0.2, 0.25) is 0 Å². The summed E-state index contributed by atoms with van der Waals surface area (Å²) >= 11 is 0. The van der Waals surface area contributed by atoms with E-state index in [1.165, 1.54) is 18.3 Å². The lowest BCUT2D eigenvalue weighted by Gasteiger charge is -2.28. The molecule has 4 aromatic rings. The minimum Gasteiger partial charge on any atom is -0.349 e. The first kappa shape index (κ1) is 24.7. The fourth-order valence-corrected chi connectivity index (χ4v) is 4.97. The van der Waals surface area contributed by atoms with Gasteiger partial charge in [0.05, 0.1) is 11.1 Å². The van der Waals surface area contributed by atoms with Crippen molar-refractivity contribution in [3.8, 4) is 11.3 Å². The molecule has 3 aromatic heterocycles. The number of nitrogens with one attached hydrogen (secondary N) is 2. The highest BCUT2D eigenvalue weighted by Gasteiger charge is 2.37. The number of rotatable bonds is 4. The SMILES string of the molecule is CC1=CC[C@H](c2ccccc2C(F)(F)F)[C@@H](NC(=O)c2cnc3[nH]nc(-c4ccnc(C)c4)c3c2)CC1. The van der Waals surface area contributed by atoms with Crippen LogP contribution in [0.15, 0.2) is 66.5 Å². The lowest BCUT2D eigenvalue weighted by molar-refractivity contribution is -0.138. The molecule has 9 heteroatoms. The van der Waals surface area contributed by atoms with Crippen LogP contribution in [0.3, 0.4) is 0 Å². The Labute approximate surface area is 212 Å². The number of pyridine rings is 2. The van der Waals surface area contributed by atoms with Gasteiger partial charge in [-0.05, 0) is 62.9 Å². The number of aromatic amines is 1. The summed E-state index contributed by atoms with van der Waals surface area (Å²) in [6.45, 7) is 3.85. The average Bonchev–Trinajstić information content (AvgIpc) is 3.21. The van der Waals surface area contributed by atoms with E-state index < -0.39 is 23.7 Å². The third-order valence-electron chi connectivity index (χ3n) is 6.89. The molecule has 1 amide bonds. The van der Waals surface area contributed by atoms with Gasteiger partial charge in [-0.25, -0.2) is 4.98 Å². The third-order valence-corrected chi connectivity index (χ3v) is 6.89. The van der Waals surface area contributed by atoms with Gasteiger partial charge in [-0.3, -0.25) is 14.9 Å². The number of amides is 1. The van der Waals surface area contributed by atoms with Crippen molar-refractivity contribution in [2.45, 2.75) is 51.2 Å². The molecule has 1 aliphatic rings. The Bertz CT molecular complexity index is 1490. The van der Waals surface area contributed by atoms with Gasteiger partial charge in [-0.15, -0.1) is 0 Å². The van der Waals surface area contributed by atoms with E-state index >= 15 is 0 Å². The van der Waals surface area contributed by atoms with Crippen LogP contribution >= 0.6 is 0 Å². The smallest absolute Gasteiger partial charge is 0.349 e. The number of nitrogens with zero attached hydrogens (tertiary/aromatic N) is 3. The van der Waals surface area contributed by atoms with Gasteiger partial charge in [-0.2, -0.15) is 18.3 Å². The zero-order valence-corrected chi connectivity index (χ0v) is 20.4. The minimum atomic E-state index is -4.48. The van der Waals surface area contributed by atoms with Crippen LogP contribution in [0.5, 0.6) is 0 Å². The van der Waals surface area contributed by atoms with E-state index in [0.717, 1.165) is 22.9 Å². The molecule has 37 heavy (non-hydrogen) atoms. The summed E-state index contributed by atoms with van der Waals surface area (Å²) in [5.41, 5.74) is 3.81. The van der Waals surface area contributed by atoms with E-state index in [1.807, 2.05) is 32.1 Å². The molecule has 6 nitrogen and oxygen atoms in total. The molecule has 2 atom stereocenters. The molecule has 2 N–H and O–H groups in total. The molecule has 0 unspecified atom stereocenters. The Balaban J connectivity index is 1.47. The monoisotopic (exact) mass is 505 g/mol. The number of fused-ring (bicyclic) bond motifs is 1. The largest absolute Gasteiger partial charge is 0.416 e. The molecule has 190 valence electrons. The van der Waals surface area contributed by atoms with Crippen molar-refractivity contribution in [3.63, 3.8) is 0 Å². The molecule has 1 aliphatic carbocycles. The molecule has 5 rings (SSSR count). The van der Waals surface area contributed by atoms with Crippen molar-refractivity contribution in [1.82, 2.24) is 25.5 Å². The Morgan fingerprint density at radius 2 is 1.92 bits per heavy atom. The van der Waals surface area contributed by atoms with E-state index in [0.29, 0.717) is 41.6 Å². The average molecular weight is 506 g/mol. The van der Waals surface area contributed by atoms with E-state index in [1.54, 1.807) is 18.3 Å². The van der Waals surface area contributed by atoms with E-state index in [4.69, 9.17) is 0 Å². The molecule has 0 spiro atoms. The summed E-state index contributed by atoms with van der Waals surface area (Å²) in [7, 11) is 0.